The molecule has 30 heavy (non-hydrogen) atoms. The summed E-state index contributed by atoms with van der Waals surface area (Å²) in [6.45, 7) is 1.23. The SMILES string of the molecule is O=C(Nc1ccc2c(c1)OCO2)C1CCN(C(=O)c2csc(-c3ccco3)n2)CC1. The van der Waals surface area contributed by atoms with E-state index in [1.54, 1.807) is 40.8 Å². The van der Waals surface area contributed by atoms with Gasteiger partial charge in [-0.25, -0.2) is 4.98 Å². The Morgan fingerprint density at radius 2 is 1.97 bits per heavy atom. The van der Waals surface area contributed by atoms with Crippen LogP contribution in [0.4, 0.5) is 5.69 Å². The topological polar surface area (TPSA) is 93.9 Å². The van der Waals surface area contributed by atoms with Crippen molar-refractivity contribution in [3.63, 3.8) is 0 Å². The molecular weight excluding hydrogens is 406 g/mol. The molecule has 0 bridgehead atoms. The normalized spacial score (nSPS) is 15.9. The number of anilines is 1. The number of thiazole rings is 1. The zero-order valence-corrected chi connectivity index (χ0v) is 16.8. The first-order chi connectivity index (χ1) is 14.7. The number of hydrogen-bond donors (Lipinski definition) is 1. The fourth-order valence-corrected chi connectivity index (χ4v) is 4.37. The van der Waals surface area contributed by atoms with Gasteiger partial charge >= 0.3 is 0 Å². The molecule has 1 fully saturated rings. The van der Waals surface area contributed by atoms with Crippen LogP contribution in [0.5, 0.6) is 11.5 Å². The van der Waals surface area contributed by atoms with E-state index in [9.17, 15) is 9.59 Å². The number of piperidine rings is 1. The fourth-order valence-electron chi connectivity index (χ4n) is 3.61. The van der Waals surface area contributed by atoms with Crippen LogP contribution in [-0.2, 0) is 4.79 Å². The van der Waals surface area contributed by atoms with Crippen LogP contribution in [0, 0.1) is 5.92 Å². The van der Waals surface area contributed by atoms with Gasteiger partial charge in [-0.05, 0) is 37.1 Å². The molecule has 0 radical (unpaired) electrons. The van der Waals surface area contributed by atoms with Crippen molar-refractivity contribution in [1.82, 2.24) is 9.88 Å². The standard InChI is InChI=1S/C21H19N3O5S/c25-19(22-14-3-4-16-18(10-14)29-12-28-16)13-5-7-24(8-6-13)21(26)15-11-30-20(23-15)17-2-1-9-27-17/h1-4,9-11,13H,5-8,12H2,(H,22,25). The summed E-state index contributed by atoms with van der Waals surface area (Å²) in [6, 6.07) is 8.94. The second-order valence-corrected chi connectivity index (χ2v) is 8.00. The van der Waals surface area contributed by atoms with Crippen LogP contribution in [0.3, 0.4) is 0 Å². The first-order valence-electron chi connectivity index (χ1n) is 9.66. The summed E-state index contributed by atoms with van der Waals surface area (Å²) in [7, 11) is 0. The van der Waals surface area contributed by atoms with Crippen LogP contribution in [0.15, 0.2) is 46.4 Å². The Kier molecular flexibility index (Phi) is 4.88. The number of hydrogen-bond acceptors (Lipinski definition) is 7. The number of aromatic nitrogens is 1. The molecule has 8 nitrogen and oxygen atoms in total. The molecule has 0 saturated carbocycles. The summed E-state index contributed by atoms with van der Waals surface area (Å²) in [6.07, 6.45) is 2.80. The molecule has 2 aromatic heterocycles. The maximum Gasteiger partial charge on any atom is 0.273 e. The van der Waals surface area contributed by atoms with Crippen LogP contribution >= 0.6 is 11.3 Å². The number of nitrogens with one attached hydrogen (secondary N) is 1. The zero-order valence-electron chi connectivity index (χ0n) is 16.0. The van der Waals surface area contributed by atoms with Crippen LogP contribution in [-0.4, -0.2) is 41.6 Å². The van der Waals surface area contributed by atoms with Gasteiger partial charge in [0, 0.05) is 36.1 Å². The number of rotatable bonds is 4. The number of ether oxygens (including phenoxy) is 2. The highest BCUT2D eigenvalue weighted by molar-refractivity contribution is 7.13. The summed E-state index contributed by atoms with van der Waals surface area (Å²) in [5.74, 6) is 1.66. The first kappa shape index (κ1) is 18.7. The van der Waals surface area contributed by atoms with E-state index in [2.05, 4.69) is 10.3 Å². The van der Waals surface area contributed by atoms with Gasteiger partial charge in [-0.3, -0.25) is 9.59 Å². The highest BCUT2D eigenvalue weighted by atomic mass is 32.1. The number of fused-ring (bicyclic) bond motifs is 1. The molecule has 2 aliphatic rings. The number of carbonyl (C=O) groups is 2. The van der Waals surface area contributed by atoms with Gasteiger partial charge in [0.1, 0.15) is 5.69 Å². The van der Waals surface area contributed by atoms with Gasteiger partial charge in [0.05, 0.1) is 6.26 Å². The van der Waals surface area contributed by atoms with E-state index in [0.29, 0.717) is 59.6 Å². The van der Waals surface area contributed by atoms with Crippen molar-refractivity contribution in [1.29, 1.82) is 0 Å². The molecule has 0 unspecified atom stereocenters. The van der Waals surface area contributed by atoms with Crippen LogP contribution in [0.1, 0.15) is 23.3 Å². The van der Waals surface area contributed by atoms with Crippen LogP contribution < -0.4 is 14.8 Å². The highest BCUT2D eigenvalue weighted by Crippen LogP contribution is 2.34. The number of likely N-dealkylation sites (tertiary alicyclic amines) is 1. The monoisotopic (exact) mass is 425 g/mol. The fraction of sp³-hybridized carbons (Fsp3) is 0.286. The van der Waals surface area contributed by atoms with Gasteiger partial charge in [-0.2, -0.15) is 0 Å². The zero-order chi connectivity index (χ0) is 20.5. The number of nitrogens with zero attached hydrogens (tertiary/aromatic N) is 2. The third-order valence-electron chi connectivity index (χ3n) is 5.25. The Bertz CT molecular complexity index is 1070. The Labute approximate surface area is 176 Å². The minimum Gasteiger partial charge on any atom is -0.462 e. The molecule has 1 saturated heterocycles. The molecule has 0 spiro atoms. The van der Waals surface area contributed by atoms with Gasteiger partial charge < -0.3 is 24.1 Å². The van der Waals surface area contributed by atoms with E-state index in [4.69, 9.17) is 13.9 Å². The molecular formula is C21H19N3O5S. The summed E-state index contributed by atoms with van der Waals surface area (Å²) >= 11 is 1.38. The first-order valence-corrected chi connectivity index (χ1v) is 10.5. The average molecular weight is 425 g/mol. The predicted molar refractivity (Wildman–Crippen MR) is 110 cm³/mol. The van der Waals surface area contributed by atoms with Crippen LogP contribution in [0.2, 0.25) is 0 Å². The Balaban J connectivity index is 1.17. The average Bonchev–Trinajstić information content (AvgIpc) is 3.54. The minimum atomic E-state index is -0.145. The molecule has 3 aromatic rings. The Morgan fingerprint density at radius 3 is 2.77 bits per heavy atom. The van der Waals surface area contributed by atoms with Gasteiger partial charge in [-0.15, -0.1) is 11.3 Å². The Hall–Kier alpha value is -3.33. The number of amides is 2. The molecule has 2 aliphatic heterocycles. The van der Waals surface area contributed by atoms with Gasteiger partial charge in [0.15, 0.2) is 22.3 Å². The number of benzene rings is 1. The lowest BCUT2D eigenvalue weighted by Gasteiger charge is -2.30. The number of furan rings is 1. The highest BCUT2D eigenvalue weighted by Gasteiger charge is 2.29. The van der Waals surface area contributed by atoms with E-state index >= 15 is 0 Å². The lowest BCUT2D eigenvalue weighted by molar-refractivity contribution is -0.121. The molecule has 0 aliphatic carbocycles. The maximum atomic E-state index is 12.8. The van der Waals surface area contributed by atoms with E-state index in [1.807, 2.05) is 6.07 Å². The van der Waals surface area contributed by atoms with Gasteiger partial charge in [0.2, 0.25) is 12.7 Å². The number of carbonyl (C=O) groups excluding carboxylic acids is 2. The van der Waals surface area contributed by atoms with Crippen molar-refractivity contribution in [3.05, 3.63) is 47.7 Å². The summed E-state index contributed by atoms with van der Waals surface area (Å²) in [4.78, 5) is 31.6. The predicted octanol–water partition coefficient (Wildman–Crippen LogP) is 3.62. The molecule has 154 valence electrons. The van der Waals surface area contributed by atoms with E-state index < -0.39 is 0 Å². The van der Waals surface area contributed by atoms with Crippen molar-refractivity contribution in [2.45, 2.75) is 12.8 Å². The van der Waals surface area contributed by atoms with E-state index in [1.165, 1.54) is 11.3 Å². The maximum absolute atomic E-state index is 12.8. The quantitative estimate of drug-likeness (QED) is 0.686. The van der Waals surface area contributed by atoms with E-state index in [-0.39, 0.29) is 24.5 Å². The molecule has 0 atom stereocenters. The Morgan fingerprint density at radius 1 is 1.13 bits per heavy atom. The van der Waals surface area contributed by atoms with Crippen LogP contribution in [0.25, 0.3) is 10.8 Å². The molecule has 9 heteroatoms. The van der Waals surface area contributed by atoms with Crippen molar-refractivity contribution in [2.75, 3.05) is 25.2 Å². The van der Waals surface area contributed by atoms with E-state index in [0.717, 1.165) is 0 Å². The smallest absolute Gasteiger partial charge is 0.273 e. The molecule has 2 amide bonds. The van der Waals surface area contributed by atoms with Crippen molar-refractivity contribution in [3.8, 4) is 22.3 Å². The summed E-state index contributed by atoms with van der Waals surface area (Å²) in [5, 5.41) is 5.37. The van der Waals surface area contributed by atoms with Crippen molar-refractivity contribution in [2.24, 2.45) is 5.92 Å². The largest absolute Gasteiger partial charge is 0.462 e. The molecule has 1 N–H and O–H groups in total. The molecule has 4 heterocycles. The summed E-state index contributed by atoms with van der Waals surface area (Å²) in [5.41, 5.74) is 1.09. The molecule has 1 aromatic carbocycles. The second-order valence-electron chi connectivity index (χ2n) is 7.14. The third kappa shape index (κ3) is 3.63. The van der Waals surface area contributed by atoms with Crippen molar-refractivity contribution < 1.29 is 23.5 Å². The molecule has 5 rings (SSSR count). The van der Waals surface area contributed by atoms with Crippen molar-refractivity contribution >= 4 is 28.8 Å². The lowest BCUT2D eigenvalue weighted by Crippen LogP contribution is -2.41. The van der Waals surface area contributed by atoms with Gasteiger partial charge in [0.25, 0.3) is 5.91 Å². The summed E-state index contributed by atoms with van der Waals surface area (Å²) < 4.78 is 16.0. The lowest BCUT2D eigenvalue weighted by atomic mass is 9.95. The van der Waals surface area contributed by atoms with Gasteiger partial charge in [-0.1, -0.05) is 0 Å². The third-order valence-corrected chi connectivity index (χ3v) is 6.11. The second kappa shape index (κ2) is 7.83. The minimum absolute atomic E-state index is 0.0465.